The van der Waals surface area contributed by atoms with E-state index >= 15 is 0 Å². The number of amides is 1. The lowest BCUT2D eigenvalue weighted by atomic mass is 9.97. The van der Waals surface area contributed by atoms with Crippen molar-refractivity contribution in [3.05, 3.63) is 80.5 Å². The highest BCUT2D eigenvalue weighted by atomic mass is 32.2. The zero-order chi connectivity index (χ0) is 24.5. The number of aryl methyl sites for hydroxylation is 3. The summed E-state index contributed by atoms with van der Waals surface area (Å²) in [6, 6.07) is 13.7. The van der Waals surface area contributed by atoms with Crippen molar-refractivity contribution < 1.29 is 14.7 Å². The van der Waals surface area contributed by atoms with Crippen LogP contribution in [0.2, 0.25) is 0 Å². The Labute approximate surface area is 209 Å². The van der Waals surface area contributed by atoms with E-state index in [2.05, 4.69) is 5.32 Å². The number of carboxylic acid groups (broad SMARTS) is 1. The predicted molar refractivity (Wildman–Crippen MR) is 139 cm³/mol. The van der Waals surface area contributed by atoms with Crippen LogP contribution >= 0.6 is 23.1 Å². The number of hydrogen-bond donors (Lipinski definition) is 2. The molecule has 0 saturated carbocycles. The van der Waals surface area contributed by atoms with E-state index in [0.29, 0.717) is 16.2 Å². The van der Waals surface area contributed by atoms with Gasteiger partial charge in [-0.15, -0.1) is 11.3 Å². The van der Waals surface area contributed by atoms with Crippen LogP contribution in [-0.4, -0.2) is 32.3 Å². The molecule has 178 valence electrons. The number of fused-ring (bicyclic) bond motifs is 3. The Morgan fingerprint density at radius 3 is 2.51 bits per heavy atom. The van der Waals surface area contributed by atoms with Crippen LogP contribution in [-0.2, 0) is 17.6 Å². The summed E-state index contributed by atoms with van der Waals surface area (Å²) in [5.74, 6) is -1.24. The third kappa shape index (κ3) is 4.74. The quantitative estimate of drug-likeness (QED) is 0.280. The second kappa shape index (κ2) is 9.67. The van der Waals surface area contributed by atoms with Crippen LogP contribution in [0.3, 0.4) is 0 Å². The number of nitrogens with one attached hydrogen (secondary N) is 1. The molecule has 0 radical (unpaired) electrons. The van der Waals surface area contributed by atoms with E-state index in [4.69, 9.17) is 10.1 Å². The van der Waals surface area contributed by atoms with E-state index in [9.17, 15) is 14.4 Å². The second-order valence-corrected chi connectivity index (χ2v) is 10.5. The number of anilines is 1. The maximum atomic E-state index is 13.8. The number of carboxylic acids is 1. The summed E-state index contributed by atoms with van der Waals surface area (Å²) in [5.41, 5.74) is 3.50. The van der Waals surface area contributed by atoms with Crippen molar-refractivity contribution in [3.8, 4) is 5.69 Å². The smallest absolute Gasteiger partial charge is 0.335 e. The van der Waals surface area contributed by atoms with E-state index in [0.717, 1.165) is 47.3 Å². The van der Waals surface area contributed by atoms with Gasteiger partial charge in [-0.25, -0.2) is 9.78 Å². The van der Waals surface area contributed by atoms with Crippen molar-refractivity contribution in [1.29, 1.82) is 0 Å². The van der Waals surface area contributed by atoms with Gasteiger partial charge in [0.1, 0.15) is 4.83 Å². The lowest BCUT2D eigenvalue weighted by Crippen LogP contribution is -2.23. The first-order valence-electron chi connectivity index (χ1n) is 11.3. The molecule has 0 atom stereocenters. The first-order chi connectivity index (χ1) is 16.9. The van der Waals surface area contributed by atoms with Gasteiger partial charge >= 0.3 is 5.97 Å². The summed E-state index contributed by atoms with van der Waals surface area (Å²) in [5, 5.41) is 13.0. The number of aromatic nitrogens is 2. The van der Waals surface area contributed by atoms with Crippen LogP contribution in [0.5, 0.6) is 0 Å². The number of rotatable bonds is 6. The number of hydrogen-bond acceptors (Lipinski definition) is 6. The number of nitrogens with zero attached hydrogens (tertiary/aromatic N) is 2. The van der Waals surface area contributed by atoms with Crippen LogP contribution in [0.1, 0.15) is 39.2 Å². The van der Waals surface area contributed by atoms with Crippen molar-refractivity contribution in [3.63, 3.8) is 0 Å². The molecule has 5 rings (SSSR count). The predicted octanol–water partition coefficient (Wildman–Crippen LogP) is 5.06. The van der Waals surface area contributed by atoms with Gasteiger partial charge in [-0.2, -0.15) is 0 Å². The number of carbonyl (C=O) groups excluding carboxylic acids is 1. The first-order valence-corrected chi connectivity index (χ1v) is 13.1. The molecule has 0 spiro atoms. The fraction of sp³-hybridized carbons (Fsp3) is 0.231. The summed E-state index contributed by atoms with van der Waals surface area (Å²) >= 11 is 2.80. The lowest BCUT2D eigenvalue weighted by Gasteiger charge is -2.14. The standard InChI is InChI=1S/C26H23N3O4S2/c1-15-6-12-18(13-7-15)29-24(31)22-19-4-2-3-5-20(19)35-23(22)28-26(29)34-14-21(30)27-17-10-8-16(9-11-17)25(32)33/h6-13H,2-5,14H2,1H3,(H,27,30)(H,32,33). The van der Waals surface area contributed by atoms with Crippen LogP contribution in [0.15, 0.2) is 58.5 Å². The average molecular weight is 506 g/mol. The fourth-order valence-electron chi connectivity index (χ4n) is 4.23. The molecule has 2 aromatic heterocycles. The average Bonchev–Trinajstić information content (AvgIpc) is 3.22. The molecule has 7 nitrogen and oxygen atoms in total. The minimum atomic E-state index is -1.02. The Kier molecular flexibility index (Phi) is 6.44. The molecule has 0 saturated heterocycles. The molecule has 0 bridgehead atoms. The monoisotopic (exact) mass is 505 g/mol. The fourth-order valence-corrected chi connectivity index (χ4v) is 6.34. The third-order valence-electron chi connectivity index (χ3n) is 6.00. The maximum Gasteiger partial charge on any atom is 0.335 e. The molecule has 35 heavy (non-hydrogen) atoms. The Balaban J connectivity index is 1.47. The van der Waals surface area contributed by atoms with Gasteiger partial charge < -0.3 is 10.4 Å². The van der Waals surface area contributed by atoms with E-state index in [1.54, 1.807) is 28.0 Å². The third-order valence-corrected chi connectivity index (χ3v) is 8.12. The van der Waals surface area contributed by atoms with Crippen molar-refractivity contribution >= 4 is 50.9 Å². The summed E-state index contributed by atoms with van der Waals surface area (Å²) in [6.45, 7) is 1.99. The highest BCUT2D eigenvalue weighted by Gasteiger charge is 2.23. The van der Waals surface area contributed by atoms with Gasteiger partial charge in [0, 0.05) is 10.6 Å². The van der Waals surface area contributed by atoms with Crippen LogP contribution in [0.4, 0.5) is 5.69 Å². The Morgan fingerprint density at radius 2 is 1.80 bits per heavy atom. The van der Waals surface area contributed by atoms with E-state index in [-0.39, 0.29) is 22.8 Å². The minimum absolute atomic E-state index is 0.0512. The normalized spacial score (nSPS) is 12.9. The van der Waals surface area contributed by atoms with Gasteiger partial charge in [0.25, 0.3) is 5.56 Å². The van der Waals surface area contributed by atoms with Crippen molar-refractivity contribution in [2.24, 2.45) is 0 Å². The summed E-state index contributed by atoms with van der Waals surface area (Å²) < 4.78 is 1.61. The van der Waals surface area contributed by atoms with Crippen LogP contribution in [0.25, 0.3) is 15.9 Å². The molecule has 1 aliphatic rings. The summed E-state index contributed by atoms with van der Waals surface area (Å²) in [6.07, 6.45) is 4.08. The number of thiophene rings is 1. The molecule has 0 aliphatic heterocycles. The van der Waals surface area contributed by atoms with Crippen molar-refractivity contribution in [1.82, 2.24) is 9.55 Å². The van der Waals surface area contributed by atoms with E-state index in [1.165, 1.54) is 28.8 Å². The van der Waals surface area contributed by atoms with Crippen molar-refractivity contribution in [2.45, 2.75) is 37.8 Å². The van der Waals surface area contributed by atoms with E-state index in [1.807, 2.05) is 31.2 Å². The lowest BCUT2D eigenvalue weighted by molar-refractivity contribution is -0.113. The number of carbonyl (C=O) groups is 2. The Hall–Kier alpha value is -3.43. The molecule has 2 N–H and O–H groups in total. The summed E-state index contributed by atoms with van der Waals surface area (Å²) in [4.78, 5) is 44.3. The molecular weight excluding hydrogens is 482 g/mol. The molecule has 2 aromatic carbocycles. The molecule has 0 fully saturated rings. The van der Waals surface area contributed by atoms with Gasteiger partial charge in [0.05, 0.1) is 22.4 Å². The van der Waals surface area contributed by atoms with Crippen LogP contribution in [0, 0.1) is 6.92 Å². The molecule has 4 aromatic rings. The summed E-state index contributed by atoms with van der Waals surface area (Å²) in [7, 11) is 0. The largest absolute Gasteiger partial charge is 0.478 e. The molecule has 1 amide bonds. The topological polar surface area (TPSA) is 101 Å². The van der Waals surface area contributed by atoms with Gasteiger partial charge in [0.2, 0.25) is 5.91 Å². The number of aromatic carboxylic acids is 1. The highest BCUT2D eigenvalue weighted by Crippen LogP contribution is 2.35. The van der Waals surface area contributed by atoms with Crippen LogP contribution < -0.4 is 10.9 Å². The highest BCUT2D eigenvalue weighted by molar-refractivity contribution is 7.99. The minimum Gasteiger partial charge on any atom is -0.478 e. The number of thioether (sulfide) groups is 1. The number of benzene rings is 2. The van der Waals surface area contributed by atoms with Gasteiger partial charge in [-0.05, 0) is 74.6 Å². The first kappa shape index (κ1) is 23.3. The Bertz CT molecular complexity index is 1490. The molecule has 1 aliphatic carbocycles. The maximum absolute atomic E-state index is 13.8. The van der Waals surface area contributed by atoms with Gasteiger partial charge in [-0.1, -0.05) is 29.5 Å². The second-order valence-electron chi connectivity index (χ2n) is 8.48. The zero-order valence-corrected chi connectivity index (χ0v) is 20.7. The van der Waals surface area contributed by atoms with Crippen molar-refractivity contribution in [2.75, 3.05) is 11.1 Å². The molecule has 2 heterocycles. The molecular formula is C26H23N3O4S2. The van der Waals surface area contributed by atoms with Gasteiger partial charge in [0.15, 0.2) is 5.16 Å². The SMILES string of the molecule is Cc1ccc(-n2c(SCC(=O)Nc3ccc(C(=O)O)cc3)nc3sc4c(c3c2=O)CCCC4)cc1. The van der Waals surface area contributed by atoms with Gasteiger partial charge in [-0.3, -0.25) is 14.2 Å². The molecule has 0 unspecified atom stereocenters. The zero-order valence-electron chi connectivity index (χ0n) is 19.0. The van der Waals surface area contributed by atoms with E-state index < -0.39 is 5.97 Å². The Morgan fingerprint density at radius 1 is 1.09 bits per heavy atom. The molecule has 9 heteroatoms.